The second-order valence-electron chi connectivity index (χ2n) is 3.40. The molecule has 0 aliphatic rings. The van der Waals surface area contributed by atoms with E-state index in [1.165, 1.54) is 0 Å². The summed E-state index contributed by atoms with van der Waals surface area (Å²) in [5, 5.41) is 9.05. The van der Waals surface area contributed by atoms with E-state index in [0.29, 0.717) is 0 Å². The molecule has 0 aliphatic carbocycles. The zero-order valence-corrected chi connectivity index (χ0v) is 13.5. The van der Waals surface area contributed by atoms with Gasteiger partial charge in [-0.05, 0) is 19.3 Å². The average Bonchev–Trinajstić information content (AvgIpc) is 2.07. The molecule has 0 saturated carbocycles. The monoisotopic (exact) mass is 312 g/mol. The van der Waals surface area contributed by atoms with Crippen molar-refractivity contribution in [2.45, 2.75) is 52.9 Å². The Morgan fingerprint density at radius 2 is 1.77 bits per heavy atom. The Hall–Kier alpha value is 1.04. The topological polar surface area (TPSA) is 37.3 Å². The van der Waals surface area contributed by atoms with Crippen LogP contribution in [0.4, 0.5) is 0 Å². The quantitative estimate of drug-likeness (QED) is 0.766. The molecule has 13 heavy (non-hydrogen) atoms. The molecule has 0 aromatic rings. The van der Waals surface area contributed by atoms with E-state index in [0.717, 1.165) is 32.1 Å². The Kier molecular flexibility index (Phi) is 10.6. The van der Waals surface area contributed by atoms with E-state index >= 15 is 0 Å². The Morgan fingerprint density at radius 3 is 2.00 bits per heavy atom. The van der Waals surface area contributed by atoms with Gasteiger partial charge in [0.2, 0.25) is 0 Å². The Balaban J connectivity index is -0.000000202. The van der Waals surface area contributed by atoms with Gasteiger partial charge in [-0.3, -0.25) is 4.79 Å². The van der Waals surface area contributed by atoms with Gasteiger partial charge in [-0.2, -0.15) is 0 Å². The minimum absolute atomic E-state index is 0. The molecule has 0 aromatic heterocycles. The van der Waals surface area contributed by atoms with Crippen molar-refractivity contribution in [3.8, 4) is 0 Å². The van der Waals surface area contributed by atoms with Gasteiger partial charge in [-0.25, -0.2) is 0 Å². The van der Waals surface area contributed by atoms with Crippen molar-refractivity contribution >= 4 is 54.9 Å². The summed E-state index contributed by atoms with van der Waals surface area (Å²) in [4.78, 5) is 11.0. The second kappa shape index (κ2) is 8.36. The van der Waals surface area contributed by atoms with Crippen molar-refractivity contribution in [1.29, 1.82) is 0 Å². The van der Waals surface area contributed by atoms with E-state index in [4.69, 9.17) is 5.11 Å². The number of unbranched alkanes of at least 4 members (excludes halogenated alkanes) is 1. The predicted octanol–water partition coefficient (Wildman–Crippen LogP) is 2.91. The van der Waals surface area contributed by atoms with E-state index in [1.807, 2.05) is 13.8 Å². The van der Waals surface area contributed by atoms with Crippen molar-refractivity contribution in [2.24, 2.45) is 5.41 Å². The number of hydrogen-bond donors (Lipinski definition) is 1. The molecule has 0 aliphatic heterocycles. The van der Waals surface area contributed by atoms with E-state index in [-0.39, 0.29) is 51.7 Å². The number of rotatable bonds is 6. The molecule has 0 bridgehead atoms. The minimum Gasteiger partial charge on any atom is -1.00 e. The number of hydrogen-bond acceptors (Lipinski definition) is 1. The third kappa shape index (κ3) is 4.88. The molecule has 0 atom stereocenters. The maximum Gasteiger partial charge on any atom is 2.00 e. The molecule has 0 aromatic carbocycles. The van der Waals surface area contributed by atoms with Crippen LogP contribution in [0, 0.1) is 5.41 Å². The summed E-state index contributed by atoms with van der Waals surface area (Å²) in [6.45, 7) is 6.03. The summed E-state index contributed by atoms with van der Waals surface area (Å²) in [5.74, 6) is -0.624. The molecular formula is C10H22BaO2. The van der Waals surface area contributed by atoms with Crippen LogP contribution in [0.15, 0.2) is 0 Å². The van der Waals surface area contributed by atoms with Crippen molar-refractivity contribution < 1.29 is 12.8 Å². The summed E-state index contributed by atoms with van der Waals surface area (Å²) >= 11 is 0. The number of carboxylic acid groups (broad SMARTS) is 1. The Labute approximate surface area is 125 Å². The maximum absolute atomic E-state index is 11.0. The molecule has 2 nitrogen and oxygen atoms in total. The molecule has 1 N–H and O–H groups in total. The molecular weight excluding hydrogens is 289 g/mol. The number of carboxylic acids is 1. The van der Waals surface area contributed by atoms with Gasteiger partial charge in [0, 0.05) is 0 Å². The molecule has 0 radical (unpaired) electrons. The molecule has 0 rings (SSSR count). The fourth-order valence-electron chi connectivity index (χ4n) is 1.53. The largest absolute Gasteiger partial charge is 2.00 e. The minimum atomic E-state index is -0.624. The second-order valence-corrected chi connectivity index (χ2v) is 3.40. The Morgan fingerprint density at radius 1 is 1.31 bits per heavy atom. The molecule has 0 unspecified atom stereocenters. The van der Waals surface area contributed by atoms with Gasteiger partial charge in [0.15, 0.2) is 0 Å². The molecule has 0 fully saturated rings. The fourth-order valence-corrected chi connectivity index (χ4v) is 1.53. The van der Waals surface area contributed by atoms with Crippen LogP contribution in [0.3, 0.4) is 0 Å². The van der Waals surface area contributed by atoms with E-state index in [9.17, 15) is 4.79 Å². The summed E-state index contributed by atoms with van der Waals surface area (Å²) in [6.07, 6.45) is 4.42. The standard InChI is InChI=1S/C10H20O2.Ba.2H/c1-4-7-8-10(5-2,6-3)9(11)12;;;/h4-8H2,1-3H3,(H,11,12);;;/q;+2;2*-1. The molecule has 0 spiro atoms. The zero-order valence-electron chi connectivity index (χ0n) is 11.1. The van der Waals surface area contributed by atoms with Gasteiger partial charge >= 0.3 is 54.9 Å². The summed E-state index contributed by atoms with van der Waals surface area (Å²) < 4.78 is 0. The number of carbonyl (C=O) groups is 1. The first-order valence-corrected chi connectivity index (χ1v) is 4.86. The van der Waals surface area contributed by atoms with Gasteiger partial charge in [-0.15, -0.1) is 0 Å². The third-order valence-electron chi connectivity index (χ3n) is 2.82. The SMILES string of the molecule is CCCCC(CC)(CC)C(=O)O.[Ba+2].[H-].[H-]. The normalized spacial score (nSPS) is 10.7. The Bertz CT molecular complexity index is 150. The van der Waals surface area contributed by atoms with Crippen molar-refractivity contribution in [1.82, 2.24) is 0 Å². The van der Waals surface area contributed by atoms with Crippen LogP contribution in [0.5, 0.6) is 0 Å². The molecule has 0 amide bonds. The van der Waals surface area contributed by atoms with Gasteiger partial charge in [0.25, 0.3) is 0 Å². The molecule has 3 heteroatoms. The van der Waals surface area contributed by atoms with Crippen LogP contribution < -0.4 is 0 Å². The zero-order chi connectivity index (χ0) is 9.61. The fraction of sp³-hybridized carbons (Fsp3) is 0.900. The van der Waals surface area contributed by atoms with E-state index in [1.54, 1.807) is 0 Å². The van der Waals surface area contributed by atoms with Crippen LogP contribution in [-0.2, 0) is 4.79 Å². The van der Waals surface area contributed by atoms with Gasteiger partial charge in [-0.1, -0.05) is 33.6 Å². The van der Waals surface area contributed by atoms with Gasteiger partial charge in [0.05, 0.1) is 5.41 Å². The molecule has 0 heterocycles. The average molecular weight is 312 g/mol. The smallest absolute Gasteiger partial charge is 1.00 e. The first kappa shape index (κ1) is 16.5. The van der Waals surface area contributed by atoms with Crippen molar-refractivity contribution in [3.05, 3.63) is 0 Å². The first-order chi connectivity index (χ1) is 5.63. The van der Waals surface area contributed by atoms with Crippen LogP contribution in [-0.4, -0.2) is 60.0 Å². The predicted molar refractivity (Wildman–Crippen MR) is 58.2 cm³/mol. The van der Waals surface area contributed by atoms with E-state index < -0.39 is 11.4 Å². The number of aliphatic carboxylic acids is 1. The van der Waals surface area contributed by atoms with Crippen LogP contribution in [0.1, 0.15) is 55.7 Å². The van der Waals surface area contributed by atoms with Gasteiger partial charge in [0.1, 0.15) is 0 Å². The summed E-state index contributed by atoms with van der Waals surface area (Å²) in [6, 6.07) is 0. The van der Waals surface area contributed by atoms with E-state index in [2.05, 4.69) is 6.92 Å². The summed E-state index contributed by atoms with van der Waals surface area (Å²) in [7, 11) is 0. The first-order valence-electron chi connectivity index (χ1n) is 4.86. The maximum atomic E-state index is 11.0. The van der Waals surface area contributed by atoms with Gasteiger partial charge < -0.3 is 7.96 Å². The summed E-state index contributed by atoms with van der Waals surface area (Å²) in [5.41, 5.74) is -0.448. The van der Waals surface area contributed by atoms with Crippen LogP contribution in [0.2, 0.25) is 0 Å². The third-order valence-corrected chi connectivity index (χ3v) is 2.82. The van der Waals surface area contributed by atoms with Crippen molar-refractivity contribution in [3.63, 3.8) is 0 Å². The molecule has 0 saturated heterocycles. The van der Waals surface area contributed by atoms with Crippen LogP contribution >= 0.6 is 0 Å². The van der Waals surface area contributed by atoms with Crippen LogP contribution in [0.25, 0.3) is 0 Å². The van der Waals surface area contributed by atoms with Crippen molar-refractivity contribution in [2.75, 3.05) is 0 Å². The molecule has 76 valence electrons.